The van der Waals surface area contributed by atoms with Crippen molar-refractivity contribution in [1.29, 1.82) is 0 Å². The third-order valence-corrected chi connectivity index (χ3v) is 5.31. The third-order valence-electron chi connectivity index (χ3n) is 3.92. The Kier molecular flexibility index (Phi) is 5.38. The summed E-state index contributed by atoms with van der Waals surface area (Å²) in [4.78, 5) is 9.05. The predicted octanol–water partition coefficient (Wildman–Crippen LogP) is 5.27. The Morgan fingerprint density at radius 2 is 1.48 bits per heavy atom. The van der Waals surface area contributed by atoms with Gasteiger partial charge in [0.05, 0.1) is 0 Å². The highest BCUT2D eigenvalue weighted by atomic mass is 127. The standard InChI is InChI=1S/C18H14I2N6O/c1-2-10-9-12(20)5-8-14(10)22-16-15(21-13-6-3-11(19)4-7-13)23-17-18(24-16)26-27-25-17/h3-9H,2H2,1H3,(H,21,23,25)(H,22,24,26). The van der Waals surface area contributed by atoms with E-state index in [-0.39, 0.29) is 0 Å². The summed E-state index contributed by atoms with van der Waals surface area (Å²) in [6.07, 6.45) is 0.903. The average Bonchev–Trinajstić information content (AvgIpc) is 3.12. The molecule has 2 aromatic heterocycles. The van der Waals surface area contributed by atoms with Crippen molar-refractivity contribution in [2.24, 2.45) is 0 Å². The predicted molar refractivity (Wildman–Crippen MR) is 122 cm³/mol. The van der Waals surface area contributed by atoms with Gasteiger partial charge in [0, 0.05) is 18.5 Å². The Bertz CT molecular complexity index is 1100. The molecular weight excluding hydrogens is 570 g/mol. The topological polar surface area (TPSA) is 88.8 Å². The molecule has 0 unspecified atom stereocenters. The monoisotopic (exact) mass is 584 g/mol. The first kappa shape index (κ1) is 18.3. The number of hydrogen-bond donors (Lipinski definition) is 2. The van der Waals surface area contributed by atoms with Crippen molar-refractivity contribution >= 4 is 79.5 Å². The number of halogens is 2. The van der Waals surface area contributed by atoms with Crippen LogP contribution < -0.4 is 10.6 Å². The lowest BCUT2D eigenvalue weighted by Gasteiger charge is -2.14. The zero-order valence-corrected chi connectivity index (χ0v) is 18.5. The van der Waals surface area contributed by atoms with Crippen LogP contribution in [0.15, 0.2) is 47.1 Å². The van der Waals surface area contributed by atoms with Crippen LogP contribution in [0.2, 0.25) is 0 Å². The van der Waals surface area contributed by atoms with Crippen LogP contribution in [-0.4, -0.2) is 20.3 Å². The van der Waals surface area contributed by atoms with Gasteiger partial charge in [0.2, 0.25) is 11.3 Å². The fourth-order valence-corrected chi connectivity index (χ4v) is 3.50. The molecule has 0 fully saturated rings. The summed E-state index contributed by atoms with van der Waals surface area (Å²) >= 11 is 4.58. The summed E-state index contributed by atoms with van der Waals surface area (Å²) in [5.74, 6) is 1.12. The number of nitrogens with zero attached hydrogens (tertiary/aromatic N) is 4. The molecular formula is C18H14I2N6O. The Morgan fingerprint density at radius 1 is 0.852 bits per heavy atom. The van der Waals surface area contributed by atoms with Crippen LogP contribution in [0.3, 0.4) is 0 Å². The third kappa shape index (κ3) is 4.13. The van der Waals surface area contributed by atoms with E-state index in [1.165, 1.54) is 9.13 Å². The highest BCUT2D eigenvalue weighted by Gasteiger charge is 2.14. The molecule has 0 radical (unpaired) electrons. The maximum Gasteiger partial charge on any atom is 0.245 e. The van der Waals surface area contributed by atoms with E-state index in [4.69, 9.17) is 4.63 Å². The molecule has 0 aliphatic heterocycles. The minimum Gasteiger partial charge on any atom is -0.337 e. The molecule has 4 aromatic rings. The summed E-state index contributed by atoms with van der Waals surface area (Å²) in [5, 5.41) is 14.3. The zero-order chi connectivity index (χ0) is 18.8. The van der Waals surface area contributed by atoms with E-state index in [0.29, 0.717) is 22.9 Å². The summed E-state index contributed by atoms with van der Waals surface area (Å²) in [7, 11) is 0. The highest BCUT2D eigenvalue weighted by Crippen LogP contribution is 2.29. The van der Waals surface area contributed by atoms with E-state index >= 15 is 0 Å². The quantitative estimate of drug-likeness (QED) is 0.309. The smallest absolute Gasteiger partial charge is 0.245 e. The van der Waals surface area contributed by atoms with Crippen molar-refractivity contribution in [2.45, 2.75) is 13.3 Å². The van der Waals surface area contributed by atoms with Gasteiger partial charge < -0.3 is 10.6 Å². The zero-order valence-electron chi connectivity index (χ0n) is 14.2. The summed E-state index contributed by atoms with van der Waals surface area (Å²) in [5.41, 5.74) is 3.79. The second kappa shape index (κ2) is 7.92. The van der Waals surface area contributed by atoms with Gasteiger partial charge in [-0.1, -0.05) is 6.92 Å². The van der Waals surface area contributed by atoms with Gasteiger partial charge >= 0.3 is 0 Å². The summed E-state index contributed by atoms with van der Waals surface area (Å²) < 4.78 is 7.12. The maximum absolute atomic E-state index is 4.77. The Labute approximate surface area is 182 Å². The number of anilines is 4. The van der Waals surface area contributed by atoms with Gasteiger partial charge in [-0.3, -0.25) is 0 Å². The molecule has 27 heavy (non-hydrogen) atoms. The molecule has 9 heteroatoms. The van der Waals surface area contributed by atoms with E-state index in [0.717, 1.165) is 21.4 Å². The molecule has 136 valence electrons. The van der Waals surface area contributed by atoms with E-state index in [2.05, 4.69) is 95.2 Å². The SMILES string of the molecule is CCc1cc(I)ccc1Nc1nc2nonc2nc1Nc1ccc(I)cc1. The Morgan fingerprint density at radius 3 is 2.15 bits per heavy atom. The number of rotatable bonds is 5. The summed E-state index contributed by atoms with van der Waals surface area (Å²) in [6.45, 7) is 2.12. The van der Waals surface area contributed by atoms with Crippen molar-refractivity contribution in [1.82, 2.24) is 20.3 Å². The van der Waals surface area contributed by atoms with Crippen LogP contribution in [0.1, 0.15) is 12.5 Å². The van der Waals surface area contributed by atoms with Crippen LogP contribution in [0.25, 0.3) is 11.3 Å². The number of aromatic nitrogens is 4. The van der Waals surface area contributed by atoms with Crippen molar-refractivity contribution in [2.75, 3.05) is 10.6 Å². The second-order valence-corrected chi connectivity index (χ2v) is 8.24. The van der Waals surface area contributed by atoms with Gasteiger partial charge in [-0.25, -0.2) is 14.6 Å². The van der Waals surface area contributed by atoms with Gasteiger partial charge in [-0.15, -0.1) is 0 Å². The second-order valence-electron chi connectivity index (χ2n) is 5.74. The normalized spacial score (nSPS) is 10.9. The van der Waals surface area contributed by atoms with Crippen LogP contribution in [0, 0.1) is 7.14 Å². The van der Waals surface area contributed by atoms with Gasteiger partial charge in [-0.2, -0.15) is 0 Å². The van der Waals surface area contributed by atoms with E-state index in [1.807, 2.05) is 30.3 Å². The van der Waals surface area contributed by atoms with Gasteiger partial charge in [-0.05, 0) is 110 Å². The Hall–Kier alpha value is -2.02. The number of fused-ring (bicyclic) bond motifs is 1. The van der Waals surface area contributed by atoms with Crippen molar-refractivity contribution in [3.8, 4) is 0 Å². The highest BCUT2D eigenvalue weighted by molar-refractivity contribution is 14.1. The van der Waals surface area contributed by atoms with Crippen molar-refractivity contribution < 1.29 is 4.63 Å². The van der Waals surface area contributed by atoms with E-state index < -0.39 is 0 Å². The van der Waals surface area contributed by atoms with E-state index in [9.17, 15) is 0 Å². The first-order valence-electron chi connectivity index (χ1n) is 8.20. The molecule has 4 rings (SSSR count). The number of aryl methyl sites for hydroxylation is 1. The summed E-state index contributed by atoms with van der Waals surface area (Å²) in [6, 6.07) is 14.3. The molecule has 2 aromatic carbocycles. The van der Waals surface area contributed by atoms with Crippen LogP contribution in [0.4, 0.5) is 23.0 Å². The molecule has 0 amide bonds. The molecule has 0 spiro atoms. The molecule has 0 aliphatic carbocycles. The number of nitrogens with one attached hydrogen (secondary N) is 2. The lowest BCUT2D eigenvalue weighted by Crippen LogP contribution is -2.05. The van der Waals surface area contributed by atoms with Gasteiger partial charge in [0.25, 0.3) is 0 Å². The molecule has 0 saturated carbocycles. The van der Waals surface area contributed by atoms with Crippen LogP contribution >= 0.6 is 45.2 Å². The van der Waals surface area contributed by atoms with Crippen LogP contribution in [-0.2, 0) is 6.42 Å². The first-order chi connectivity index (χ1) is 13.1. The minimum absolute atomic E-state index is 0.354. The molecule has 2 heterocycles. The number of hydrogen-bond acceptors (Lipinski definition) is 7. The average molecular weight is 584 g/mol. The van der Waals surface area contributed by atoms with Gasteiger partial charge in [0.15, 0.2) is 11.6 Å². The fourth-order valence-electron chi connectivity index (χ4n) is 2.59. The molecule has 0 atom stereocenters. The molecule has 2 N–H and O–H groups in total. The fraction of sp³-hybridized carbons (Fsp3) is 0.111. The maximum atomic E-state index is 4.77. The van der Waals surface area contributed by atoms with Crippen molar-refractivity contribution in [3.63, 3.8) is 0 Å². The van der Waals surface area contributed by atoms with Crippen LogP contribution in [0.5, 0.6) is 0 Å². The lowest BCUT2D eigenvalue weighted by atomic mass is 10.1. The minimum atomic E-state index is 0.354. The van der Waals surface area contributed by atoms with E-state index in [1.54, 1.807) is 0 Å². The van der Waals surface area contributed by atoms with Crippen molar-refractivity contribution in [3.05, 3.63) is 55.2 Å². The first-order valence-corrected chi connectivity index (χ1v) is 10.4. The Balaban J connectivity index is 1.75. The molecule has 0 aliphatic rings. The molecule has 0 bridgehead atoms. The lowest BCUT2D eigenvalue weighted by molar-refractivity contribution is 0.314. The molecule has 7 nitrogen and oxygen atoms in total. The van der Waals surface area contributed by atoms with Gasteiger partial charge in [0.1, 0.15) is 0 Å². The largest absolute Gasteiger partial charge is 0.337 e. The molecule has 0 saturated heterocycles. The number of benzene rings is 2.